The second-order valence-electron chi connectivity index (χ2n) is 10.0. The molecular weight excluding hydrogens is 536 g/mol. The Kier molecular flexibility index (Phi) is 7.32. The van der Waals surface area contributed by atoms with Crippen LogP contribution in [0.2, 0.25) is 0 Å². The van der Waals surface area contributed by atoms with Crippen molar-refractivity contribution in [3.05, 3.63) is 67.1 Å². The average molecular weight is 567 g/mol. The number of benzene rings is 2. The summed E-state index contributed by atoms with van der Waals surface area (Å²) in [6, 6.07) is 11.3. The van der Waals surface area contributed by atoms with Crippen LogP contribution in [-0.4, -0.2) is 85.1 Å². The van der Waals surface area contributed by atoms with Gasteiger partial charge in [-0.3, -0.25) is 4.79 Å². The van der Waals surface area contributed by atoms with E-state index in [0.29, 0.717) is 54.9 Å². The molecule has 1 amide bonds. The minimum absolute atomic E-state index is 0.116. The van der Waals surface area contributed by atoms with Crippen LogP contribution in [0.25, 0.3) is 22.1 Å². The molecule has 13 heteroatoms. The van der Waals surface area contributed by atoms with Gasteiger partial charge in [0.15, 0.2) is 5.82 Å². The van der Waals surface area contributed by atoms with Crippen LogP contribution in [0.15, 0.2) is 61.6 Å². The normalized spacial score (nSPS) is 15.1. The van der Waals surface area contributed by atoms with Gasteiger partial charge in [0.05, 0.1) is 31.0 Å². The predicted molar refractivity (Wildman–Crippen MR) is 158 cm³/mol. The van der Waals surface area contributed by atoms with Crippen LogP contribution in [0, 0.1) is 6.92 Å². The summed E-state index contributed by atoms with van der Waals surface area (Å²) in [6.07, 6.45) is 4.48. The van der Waals surface area contributed by atoms with Crippen molar-refractivity contribution in [1.82, 2.24) is 39.8 Å². The fraction of sp³-hybridized carbons (Fsp3) is 0.276. The average Bonchev–Trinajstić information content (AvgIpc) is 3.38. The Morgan fingerprint density at radius 1 is 1.21 bits per heavy atom. The van der Waals surface area contributed by atoms with E-state index in [1.165, 1.54) is 12.4 Å². The fourth-order valence-corrected chi connectivity index (χ4v) is 4.92. The van der Waals surface area contributed by atoms with Crippen LogP contribution in [0.3, 0.4) is 0 Å². The van der Waals surface area contributed by atoms with Crippen molar-refractivity contribution in [2.75, 3.05) is 43.6 Å². The molecule has 0 radical (unpaired) electrons. The molecule has 3 aromatic heterocycles. The lowest BCUT2D eigenvalue weighted by atomic mass is 10.2. The number of nitrogens with one attached hydrogen (secondary N) is 1. The molecule has 1 aliphatic rings. The Bertz CT molecular complexity index is 1790. The molecule has 1 aliphatic heterocycles. The molecule has 0 spiro atoms. The summed E-state index contributed by atoms with van der Waals surface area (Å²) in [7, 11) is 3.74. The number of aromatic nitrogens is 7. The summed E-state index contributed by atoms with van der Waals surface area (Å²) in [6.45, 7) is 7.54. The molecule has 1 unspecified atom stereocenters. The van der Waals surface area contributed by atoms with Crippen LogP contribution in [0.4, 0.5) is 17.5 Å². The van der Waals surface area contributed by atoms with E-state index >= 15 is 0 Å². The van der Waals surface area contributed by atoms with E-state index in [4.69, 9.17) is 14.5 Å². The van der Waals surface area contributed by atoms with Crippen molar-refractivity contribution in [3.8, 4) is 11.5 Å². The molecule has 0 aliphatic carbocycles. The Morgan fingerprint density at radius 2 is 2.10 bits per heavy atom. The highest BCUT2D eigenvalue weighted by Crippen LogP contribution is 2.31. The Morgan fingerprint density at radius 3 is 2.93 bits per heavy atom. The summed E-state index contributed by atoms with van der Waals surface area (Å²) < 4.78 is 13.5. The van der Waals surface area contributed by atoms with Gasteiger partial charge in [-0.1, -0.05) is 11.8 Å². The third-order valence-electron chi connectivity index (χ3n) is 7.12. The van der Waals surface area contributed by atoms with Crippen molar-refractivity contribution in [2.45, 2.75) is 13.0 Å². The number of fused-ring (bicyclic) bond motifs is 2. The maximum atomic E-state index is 12.3. The number of morpholine rings is 1. The quantitative estimate of drug-likeness (QED) is 0.277. The first-order valence-electron chi connectivity index (χ1n) is 13.4. The largest absolute Gasteiger partial charge is 0.457 e. The number of hydrogen-bond donors (Lipinski definition) is 1. The zero-order chi connectivity index (χ0) is 29.2. The van der Waals surface area contributed by atoms with Crippen molar-refractivity contribution < 1.29 is 14.3 Å². The lowest BCUT2D eigenvalue weighted by Crippen LogP contribution is -2.52. The lowest BCUT2D eigenvalue weighted by molar-refractivity contribution is -0.134. The molecular formula is C29H30N10O3. The second-order valence-corrected chi connectivity index (χ2v) is 10.0. The van der Waals surface area contributed by atoms with E-state index in [2.05, 4.69) is 37.2 Å². The molecule has 0 bridgehead atoms. The van der Waals surface area contributed by atoms with E-state index in [-0.39, 0.29) is 11.9 Å². The number of amides is 1. The van der Waals surface area contributed by atoms with Gasteiger partial charge in [-0.2, -0.15) is 0 Å². The predicted octanol–water partition coefficient (Wildman–Crippen LogP) is 3.40. The molecule has 13 nitrogen and oxygen atoms in total. The number of carbonyl (C=O) groups excluding carboxylic acids is 1. The first-order chi connectivity index (χ1) is 20.4. The van der Waals surface area contributed by atoms with Crippen LogP contribution in [0.1, 0.15) is 5.56 Å². The van der Waals surface area contributed by atoms with Crippen LogP contribution in [0.5, 0.6) is 11.5 Å². The second kappa shape index (κ2) is 11.4. The number of hydrogen-bond acceptors (Lipinski definition) is 11. The molecule has 2 aromatic carbocycles. The zero-order valence-electron chi connectivity index (χ0n) is 23.6. The molecule has 4 heterocycles. The van der Waals surface area contributed by atoms with Gasteiger partial charge in [-0.25, -0.2) is 24.6 Å². The maximum Gasteiger partial charge on any atom is 0.246 e. The summed E-state index contributed by atoms with van der Waals surface area (Å²) in [5.41, 5.74) is 4.62. The van der Waals surface area contributed by atoms with Crippen molar-refractivity contribution in [2.24, 2.45) is 7.05 Å². The van der Waals surface area contributed by atoms with Gasteiger partial charge in [-0.15, -0.1) is 5.10 Å². The number of aryl methyl sites for hydroxylation is 2. The number of likely N-dealkylation sites (N-methyl/N-ethyl adjacent to an activating group) is 1. The first-order valence-corrected chi connectivity index (χ1v) is 13.4. The summed E-state index contributed by atoms with van der Waals surface area (Å²) in [5, 5.41) is 11.6. The zero-order valence-corrected chi connectivity index (χ0v) is 23.6. The van der Waals surface area contributed by atoms with Gasteiger partial charge in [0.1, 0.15) is 34.4 Å². The highest BCUT2D eigenvalue weighted by atomic mass is 16.5. The summed E-state index contributed by atoms with van der Waals surface area (Å²) >= 11 is 0. The van der Waals surface area contributed by atoms with Crippen molar-refractivity contribution in [1.29, 1.82) is 0 Å². The maximum absolute atomic E-state index is 12.3. The first kappa shape index (κ1) is 27.0. The standard InChI is InChI=1S/C29H30N10O3/c1-5-26(40)39-10-11-41-16-20(39)15-37(3)29-30-14-23-27(34-29)28(32-17-31-23)33-19-6-9-25(18(2)12-19)42-21-7-8-24-22(13-21)35-36-38(24)4/h5-9,12-14,17,20H,1,10-11,15-16H2,2-4H3,(H,31,32,33). The molecule has 6 rings (SSSR count). The lowest BCUT2D eigenvalue weighted by Gasteiger charge is -2.37. The number of rotatable bonds is 8. The number of ether oxygens (including phenoxy) is 2. The van der Waals surface area contributed by atoms with Gasteiger partial charge >= 0.3 is 0 Å². The molecule has 0 saturated carbocycles. The minimum atomic E-state index is -0.149. The van der Waals surface area contributed by atoms with E-state index < -0.39 is 0 Å². The van der Waals surface area contributed by atoms with E-state index in [1.807, 2.05) is 62.3 Å². The Hall–Kier alpha value is -5.17. The summed E-state index contributed by atoms with van der Waals surface area (Å²) in [4.78, 5) is 34.1. The molecule has 1 atom stereocenters. The molecule has 1 saturated heterocycles. The van der Waals surface area contributed by atoms with Crippen molar-refractivity contribution in [3.63, 3.8) is 0 Å². The van der Waals surface area contributed by atoms with Crippen LogP contribution < -0.4 is 15.0 Å². The SMILES string of the molecule is C=CC(=O)N1CCOCC1CN(C)c1ncc2ncnc(Nc3ccc(Oc4ccc5c(c4)nnn5C)c(C)c3)c2n1. The molecule has 1 N–H and O–H groups in total. The number of nitrogens with zero attached hydrogens (tertiary/aromatic N) is 9. The smallest absolute Gasteiger partial charge is 0.246 e. The van der Waals surface area contributed by atoms with Gasteiger partial charge in [-0.05, 0) is 48.9 Å². The van der Waals surface area contributed by atoms with Crippen LogP contribution >= 0.6 is 0 Å². The highest BCUT2D eigenvalue weighted by Gasteiger charge is 2.27. The van der Waals surface area contributed by atoms with Gasteiger partial charge < -0.3 is 24.6 Å². The Labute approximate surface area is 241 Å². The van der Waals surface area contributed by atoms with E-state index in [9.17, 15) is 4.79 Å². The van der Waals surface area contributed by atoms with Crippen molar-refractivity contribution >= 4 is 45.4 Å². The number of carbonyl (C=O) groups is 1. The third kappa shape index (κ3) is 5.41. The van der Waals surface area contributed by atoms with Gasteiger partial charge in [0.25, 0.3) is 0 Å². The highest BCUT2D eigenvalue weighted by molar-refractivity contribution is 5.88. The van der Waals surface area contributed by atoms with E-state index in [1.54, 1.807) is 15.8 Å². The molecule has 1 fully saturated rings. The van der Waals surface area contributed by atoms with Gasteiger partial charge in [0, 0.05) is 38.9 Å². The molecule has 214 valence electrons. The summed E-state index contributed by atoms with van der Waals surface area (Å²) in [5.74, 6) is 2.31. The fourth-order valence-electron chi connectivity index (χ4n) is 4.92. The topological polar surface area (TPSA) is 136 Å². The third-order valence-corrected chi connectivity index (χ3v) is 7.12. The Balaban J connectivity index is 1.20. The monoisotopic (exact) mass is 566 g/mol. The molecule has 42 heavy (non-hydrogen) atoms. The molecule has 5 aromatic rings. The minimum Gasteiger partial charge on any atom is -0.457 e. The van der Waals surface area contributed by atoms with E-state index in [0.717, 1.165) is 28.0 Å². The number of anilines is 3. The van der Waals surface area contributed by atoms with Crippen LogP contribution in [-0.2, 0) is 16.6 Å². The van der Waals surface area contributed by atoms with Gasteiger partial charge in [0.2, 0.25) is 11.9 Å².